The van der Waals surface area contributed by atoms with Crippen LogP contribution in [0.25, 0.3) is 6.08 Å². The van der Waals surface area contributed by atoms with Crippen molar-refractivity contribution in [3.05, 3.63) is 73.6 Å². The normalized spacial score (nSPS) is 15.5. The molecule has 0 radical (unpaired) electrons. The summed E-state index contributed by atoms with van der Waals surface area (Å²) in [7, 11) is 1.59. The van der Waals surface area contributed by atoms with Gasteiger partial charge in [-0.3, -0.25) is 19.8 Å². The number of halogens is 1. The maximum Gasteiger partial charge on any atom is 0.288 e. The Hall–Kier alpha value is -2.42. The van der Waals surface area contributed by atoms with Gasteiger partial charge in [0.25, 0.3) is 11.6 Å². The molecule has 27 heavy (non-hydrogen) atoms. The summed E-state index contributed by atoms with van der Waals surface area (Å²) in [5.74, 6) is 0.492. The van der Waals surface area contributed by atoms with Crippen LogP contribution in [-0.2, 0) is 11.3 Å². The van der Waals surface area contributed by atoms with Crippen LogP contribution in [0.5, 0.6) is 5.75 Å². The molecule has 1 aliphatic rings. The largest absolute Gasteiger partial charge is 0.497 e. The Balaban J connectivity index is 1.81. The standard InChI is InChI=1S/C18H13ClN2O4S2/c1-25-13-5-2-11(3-6-13)10-20-17(22)16(27-18(20)26)9-12-4-7-14(19)15(8-12)21(23)24/h2-9H,10H2,1H3/b16-9-. The highest BCUT2D eigenvalue weighted by Gasteiger charge is 2.32. The first-order valence-corrected chi connectivity index (χ1v) is 9.31. The maximum atomic E-state index is 12.7. The SMILES string of the molecule is COc1ccc(CN2C(=O)/C(=C/c3ccc(Cl)c([N+](=O)[O-])c3)SC2=S)cc1. The molecular weight excluding hydrogens is 408 g/mol. The predicted octanol–water partition coefficient (Wildman–Crippen LogP) is 4.66. The van der Waals surface area contributed by atoms with Crippen LogP contribution in [0.1, 0.15) is 11.1 Å². The summed E-state index contributed by atoms with van der Waals surface area (Å²) in [6, 6.07) is 11.7. The number of benzene rings is 2. The van der Waals surface area contributed by atoms with E-state index in [1.807, 2.05) is 24.3 Å². The lowest BCUT2D eigenvalue weighted by molar-refractivity contribution is -0.384. The third-order valence-corrected chi connectivity index (χ3v) is 5.54. The molecule has 3 rings (SSSR count). The van der Waals surface area contributed by atoms with Gasteiger partial charge in [0.1, 0.15) is 15.1 Å². The van der Waals surface area contributed by atoms with E-state index in [2.05, 4.69) is 0 Å². The summed E-state index contributed by atoms with van der Waals surface area (Å²) in [5, 5.41) is 11.1. The summed E-state index contributed by atoms with van der Waals surface area (Å²) in [5.41, 5.74) is 1.21. The van der Waals surface area contributed by atoms with Crippen molar-refractivity contribution < 1.29 is 14.5 Å². The van der Waals surface area contributed by atoms with Crippen molar-refractivity contribution in [3.63, 3.8) is 0 Å². The van der Waals surface area contributed by atoms with Crippen molar-refractivity contribution >= 4 is 57.6 Å². The molecule has 9 heteroatoms. The van der Waals surface area contributed by atoms with Crippen molar-refractivity contribution in [2.24, 2.45) is 0 Å². The van der Waals surface area contributed by atoms with Crippen molar-refractivity contribution in [1.29, 1.82) is 0 Å². The highest BCUT2D eigenvalue weighted by Crippen LogP contribution is 2.35. The second-order valence-electron chi connectivity index (χ2n) is 5.58. The van der Waals surface area contributed by atoms with Crippen LogP contribution in [0.2, 0.25) is 5.02 Å². The second-order valence-corrected chi connectivity index (χ2v) is 7.67. The van der Waals surface area contributed by atoms with Crippen LogP contribution in [0, 0.1) is 10.1 Å². The molecule has 1 saturated heterocycles. The molecule has 6 nitrogen and oxygen atoms in total. The van der Waals surface area contributed by atoms with E-state index in [9.17, 15) is 14.9 Å². The number of amides is 1. The maximum absolute atomic E-state index is 12.7. The van der Waals surface area contributed by atoms with E-state index in [4.69, 9.17) is 28.6 Å². The first kappa shape index (κ1) is 19.3. The molecule has 2 aromatic rings. The number of methoxy groups -OCH3 is 1. The molecule has 1 heterocycles. The number of nitrogens with zero attached hydrogens (tertiary/aromatic N) is 2. The molecule has 0 aliphatic carbocycles. The van der Waals surface area contributed by atoms with Gasteiger partial charge in [-0.25, -0.2) is 0 Å². The molecule has 0 bridgehead atoms. The van der Waals surface area contributed by atoms with Crippen molar-refractivity contribution in [2.45, 2.75) is 6.54 Å². The molecule has 0 aromatic heterocycles. The fourth-order valence-corrected chi connectivity index (χ4v) is 3.90. The first-order chi connectivity index (χ1) is 12.9. The summed E-state index contributed by atoms with van der Waals surface area (Å²) in [4.78, 5) is 25.1. The van der Waals surface area contributed by atoms with Crippen LogP contribution < -0.4 is 4.74 Å². The van der Waals surface area contributed by atoms with Gasteiger partial charge < -0.3 is 4.74 Å². The zero-order valence-electron chi connectivity index (χ0n) is 14.0. The van der Waals surface area contributed by atoms with E-state index in [-0.39, 0.29) is 16.6 Å². The van der Waals surface area contributed by atoms with Gasteiger partial charge in [0.15, 0.2) is 0 Å². The number of hydrogen-bond acceptors (Lipinski definition) is 6. The molecule has 1 fully saturated rings. The Bertz CT molecular complexity index is 960. The molecule has 0 unspecified atom stereocenters. The van der Waals surface area contributed by atoms with Crippen LogP contribution >= 0.6 is 35.6 Å². The average Bonchev–Trinajstić information content (AvgIpc) is 2.91. The van der Waals surface area contributed by atoms with E-state index in [0.717, 1.165) is 23.1 Å². The number of nitro benzene ring substituents is 1. The predicted molar refractivity (Wildman–Crippen MR) is 110 cm³/mol. The smallest absolute Gasteiger partial charge is 0.288 e. The van der Waals surface area contributed by atoms with E-state index in [1.54, 1.807) is 19.3 Å². The van der Waals surface area contributed by atoms with E-state index in [0.29, 0.717) is 21.3 Å². The van der Waals surface area contributed by atoms with Gasteiger partial charge in [-0.2, -0.15) is 0 Å². The van der Waals surface area contributed by atoms with Gasteiger partial charge in [-0.05, 0) is 35.4 Å². The Morgan fingerprint density at radius 2 is 2.00 bits per heavy atom. The Labute approximate surface area is 169 Å². The Morgan fingerprint density at radius 3 is 2.63 bits per heavy atom. The van der Waals surface area contributed by atoms with E-state index < -0.39 is 4.92 Å². The topological polar surface area (TPSA) is 72.7 Å². The van der Waals surface area contributed by atoms with Crippen LogP contribution in [0.3, 0.4) is 0 Å². The fraction of sp³-hybridized carbons (Fsp3) is 0.111. The zero-order valence-corrected chi connectivity index (χ0v) is 16.4. The quantitative estimate of drug-likeness (QED) is 0.303. The van der Waals surface area contributed by atoms with E-state index in [1.165, 1.54) is 17.0 Å². The number of thiocarbonyl (C=S) groups is 1. The van der Waals surface area contributed by atoms with Crippen LogP contribution in [-0.4, -0.2) is 27.2 Å². The van der Waals surface area contributed by atoms with Gasteiger partial charge in [0, 0.05) is 6.07 Å². The lowest BCUT2D eigenvalue weighted by Crippen LogP contribution is -2.27. The van der Waals surface area contributed by atoms with Gasteiger partial charge in [0.05, 0.1) is 23.5 Å². The van der Waals surface area contributed by atoms with Gasteiger partial charge in [0.2, 0.25) is 0 Å². The third-order valence-electron chi connectivity index (χ3n) is 3.84. The molecule has 2 aromatic carbocycles. The van der Waals surface area contributed by atoms with Gasteiger partial charge >= 0.3 is 0 Å². The monoisotopic (exact) mass is 420 g/mol. The molecule has 0 N–H and O–H groups in total. The fourth-order valence-electron chi connectivity index (χ4n) is 2.46. The summed E-state index contributed by atoms with van der Waals surface area (Å²) in [6.07, 6.45) is 1.58. The average molecular weight is 421 g/mol. The van der Waals surface area contributed by atoms with Crippen molar-refractivity contribution in [2.75, 3.05) is 7.11 Å². The molecule has 0 spiro atoms. The van der Waals surface area contributed by atoms with Gasteiger partial charge in [-0.1, -0.05) is 53.8 Å². The molecule has 138 valence electrons. The molecule has 1 aliphatic heterocycles. The van der Waals surface area contributed by atoms with Crippen molar-refractivity contribution in [3.8, 4) is 5.75 Å². The van der Waals surface area contributed by atoms with Crippen molar-refractivity contribution in [1.82, 2.24) is 4.90 Å². The summed E-state index contributed by atoms with van der Waals surface area (Å²) in [6.45, 7) is 0.340. The highest BCUT2D eigenvalue weighted by molar-refractivity contribution is 8.26. The molecular formula is C18H13ClN2O4S2. The lowest BCUT2D eigenvalue weighted by atomic mass is 10.1. The number of carbonyl (C=O) groups is 1. The molecule has 0 atom stereocenters. The Morgan fingerprint density at radius 1 is 1.30 bits per heavy atom. The number of hydrogen-bond donors (Lipinski definition) is 0. The minimum absolute atomic E-state index is 0.0456. The van der Waals surface area contributed by atoms with Gasteiger partial charge in [-0.15, -0.1) is 0 Å². The van der Waals surface area contributed by atoms with E-state index >= 15 is 0 Å². The number of thioether (sulfide) groups is 1. The molecule has 1 amide bonds. The highest BCUT2D eigenvalue weighted by atomic mass is 35.5. The first-order valence-electron chi connectivity index (χ1n) is 7.71. The Kier molecular flexibility index (Phi) is 5.79. The number of carbonyl (C=O) groups excluding carboxylic acids is 1. The number of rotatable bonds is 5. The zero-order chi connectivity index (χ0) is 19.6. The summed E-state index contributed by atoms with van der Waals surface area (Å²) < 4.78 is 5.56. The van der Waals surface area contributed by atoms with Crippen LogP contribution in [0.15, 0.2) is 47.4 Å². The minimum Gasteiger partial charge on any atom is -0.497 e. The number of ether oxygens (including phenoxy) is 1. The third kappa shape index (κ3) is 4.29. The second kappa shape index (κ2) is 8.08. The molecule has 0 saturated carbocycles. The minimum atomic E-state index is -0.561. The number of nitro groups is 1. The van der Waals surface area contributed by atoms with Crippen LogP contribution in [0.4, 0.5) is 5.69 Å². The lowest BCUT2D eigenvalue weighted by Gasteiger charge is -2.14. The summed E-state index contributed by atoms with van der Waals surface area (Å²) >= 11 is 12.3.